The van der Waals surface area contributed by atoms with Crippen molar-refractivity contribution in [2.75, 3.05) is 31.2 Å². The van der Waals surface area contributed by atoms with Gasteiger partial charge in [-0.1, -0.05) is 0 Å². The average molecular weight is 421 g/mol. The topological polar surface area (TPSA) is 80.2 Å². The Bertz CT molecular complexity index is 902. The molecule has 7 nitrogen and oxygen atoms in total. The zero-order chi connectivity index (χ0) is 21.1. The van der Waals surface area contributed by atoms with Gasteiger partial charge in [-0.05, 0) is 37.5 Å². The molecule has 4 heterocycles. The number of ether oxygens (including phenoxy) is 1. The van der Waals surface area contributed by atoms with E-state index in [0.29, 0.717) is 31.4 Å². The summed E-state index contributed by atoms with van der Waals surface area (Å²) in [6.45, 7) is 2.62. The van der Waals surface area contributed by atoms with Crippen LogP contribution < -0.4 is 10.2 Å². The molecule has 0 saturated carbocycles. The van der Waals surface area contributed by atoms with Crippen molar-refractivity contribution in [3.8, 4) is 0 Å². The van der Waals surface area contributed by atoms with E-state index < -0.39 is 17.8 Å². The molecule has 4 rings (SSSR count). The number of amides is 1. The van der Waals surface area contributed by atoms with E-state index in [1.54, 1.807) is 6.20 Å². The van der Waals surface area contributed by atoms with Crippen molar-refractivity contribution in [1.29, 1.82) is 0 Å². The molecule has 2 aliphatic heterocycles. The molecule has 0 spiro atoms. The molecule has 160 valence electrons. The van der Waals surface area contributed by atoms with Crippen molar-refractivity contribution in [1.82, 2.24) is 20.3 Å². The number of nitrogens with zero attached hydrogens (tertiary/aromatic N) is 4. The van der Waals surface area contributed by atoms with Crippen LogP contribution in [0.5, 0.6) is 0 Å². The van der Waals surface area contributed by atoms with Gasteiger partial charge in [-0.2, -0.15) is 13.2 Å². The lowest BCUT2D eigenvalue weighted by molar-refractivity contribution is -0.141. The summed E-state index contributed by atoms with van der Waals surface area (Å²) in [6.07, 6.45) is 0.673. The summed E-state index contributed by atoms with van der Waals surface area (Å²) in [7, 11) is 0. The molecule has 10 heteroatoms. The third kappa shape index (κ3) is 4.69. The van der Waals surface area contributed by atoms with Crippen molar-refractivity contribution < 1.29 is 22.7 Å². The zero-order valence-electron chi connectivity index (χ0n) is 16.2. The second-order valence-corrected chi connectivity index (χ2v) is 7.50. The first-order chi connectivity index (χ1) is 14.4. The fourth-order valence-corrected chi connectivity index (χ4v) is 3.79. The molecule has 1 unspecified atom stereocenters. The van der Waals surface area contributed by atoms with E-state index in [9.17, 15) is 18.0 Å². The van der Waals surface area contributed by atoms with Gasteiger partial charge in [0, 0.05) is 61.9 Å². The second kappa shape index (κ2) is 8.55. The summed E-state index contributed by atoms with van der Waals surface area (Å²) < 4.78 is 43.9. The van der Waals surface area contributed by atoms with Gasteiger partial charge in [0.15, 0.2) is 0 Å². The van der Waals surface area contributed by atoms with E-state index in [4.69, 9.17) is 9.72 Å². The molecule has 0 radical (unpaired) electrons. The first-order valence-electron chi connectivity index (χ1n) is 9.90. The Labute approximate surface area is 171 Å². The first kappa shape index (κ1) is 20.5. The van der Waals surface area contributed by atoms with E-state index in [0.717, 1.165) is 44.0 Å². The summed E-state index contributed by atoms with van der Waals surface area (Å²) in [5, 5.41) is 2.80. The van der Waals surface area contributed by atoms with E-state index >= 15 is 0 Å². The molecule has 0 bridgehead atoms. The highest BCUT2D eigenvalue weighted by Gasteiger charge is 2.33. The zero-order valence-corrected chi connectivity index (χ0v) is 16.2. The average Bonchev–Trinajstić information content (AvgIpc) is 3.22. The molecule has 2 aromatic rings. The van der Waals surface area contributed by atoms with Crippen LogP contribution in [0.1, 0.15) is 46.9 Å². The van der Waals surface area contributed by atoms with Gasteiger partial charge in [0.1, 0.15) is 5.69 Å². The SMILES string of the molecule is O=C(NC1CCN(c2nccc(C3CCOCC3)n2)C1)c1ccnc(C(F)(F)F)c1. The summed E-state index contributed by atoms with van der Waals surface area (Å²) in [4.78, 5) is 26.8. The molecule has 1 N–H and O–H groups in total. The monoisotopic (exact) mass is 421 g/mol. The highest BCUT2D eigenvalue weighted by atomic mass is 19.4. The fraction of sp³-hybridized carbons (Fsp3) is 0.500. The molecule has 1 atom stereocenters. The van der Waals surface area contributed by atoms with Gasteiger partial charge >= 0.3 is 6.18 Å². The van der Waals surface area contributed by atoms with Gasteiger partial charge in [-0.3, -0.25) is 9.78 Å². The Morgan fingerprint density at radius 1 is 1.13 bits per heavy atom. The number of carbonyl (C=O) groups is 1. The Morgan fingerprint density at radius 2 is 1.90 bits per heavy atom. The van der Waals surface area contributed by atoms with Gasteiger partial charge in [0.25, 0.3) is 5.91 Å². The van der Waals surface area contributed by atoms with Crippen molar-refractivity contribution >= 4 is 11.9 Å². The third-order valence-corrected chi connectivity index (χ3v) is 5.42. The van der Waals surface area contributed by atoms with Crippen LogP contribution in [0.4, 0.5) is 19.1 Å². The quantitative estimate of drug-likeness (QED) is 0.818. The minimum atomic E-state index is -4.59. The van der Waals surface area contributed by atoms with Crippen LogP contribution >= 0.6 is 0 Å². The number of nitrogens with one attached hydrogen (secondary N) is 1. The number of halogens is 3. The number of aromatic nitrogens is 3. The summed E-state index contributed by atoms with van der Waals surface area (Å²) in [5.74, 6) is 0.416. The van der Waals surface area contributed by atoms with Crippen molar-refractivity contribution in [3.63, 3.8) is 0 Å². The van der Waals surface area contributed by atoms with E-state index in [2.05, 4.69) is 15.3 Å². The highest BCUT2D eigenvalue weighted by molar-refractivity contribution is 5.94. The van der Waals surface area contributed by atoms with E-state index in [1.807, 2.05) is 11.0 Å². The maximum absolute atomic E-state index is 12.8. The number of rotatable bonds is 4. The van der Waals surface area contributed by atoms with Crippen LogP contribution in [-0.4, -0.2) is 53.2 Å². The molecule has 2 aromatic heterocycles. The van der Waals surface area contributed by atoms with E-state index in [1.165, 1.54) is 6.07 Å². The maximum atomic E-state index is 12.8. The minimum Gasteiger partial charge on any atom is -0.381 e. The smallest absolute Gasteiger partial charge is 0.381 e. The molecule has 0 aromatic carbocycles. The van der Waals surface area contributed by atoms with Crippen molar-refractivity contribution in [2.45, 2.75) is 37.4 Å². The molecule has 2 saturated heterocycles. The molecule has 2 aliphatic rings. The third-order valence-electron chi connectivity index (χ3n) is 5.42. The molecular weight excluding hydrogens is 399 g/mol. The fourth-order valence-electron chi connectivity index (χ4n) is 3.79. The number of hydrogen-bond acceptors (Lipinski definition) is 6. The van der Waals surface area contributed by atoms with Gasteiger partial charge < -0.3 is 15.0 Å². The number of carbonyl (C=O) groups excluding carboxylic acids is 1. The Balaban J connectivity index is 1.38. The van der Waals surface area contributed by atoms with Gasteiger partial charge in [0.2, 0.25) is 5.95 Å². The summed E-state index contributed by atoms with van der Waals surface area (Å²) in [6, 6.07) is 3.77. The second-order valence-electron chi connectivity index (χ2n) is 7.50. The van der Waals surface area contributed by atoms with Gasteiger partial charge in [-0.25, -0.2) is 9.97 Å². The van der Waals surface area contributed by atoms with Crippen LogP contribution in [-0.2, 0) is 10.9 Å². The molecular formula is C20H22F3N5O2. The lowest BCUT2D eigenvalue weighted by Crippen LogP contribution is -2.37. The van der Waals surface area contributed by atoms with Crippen LogP contribution in [0.3, 0.4) is 0 Å². The molecule has 1 amide bonds. The number of pyridine rings is 1. The predicted molar refractivity (Wildman–Crippen MR) is 102 cm³/mol. The number of alkyl halides is 3. The maximum Gasteiger partial charge on any atom is 0.433 e. The van der Waals surface area contributed by atoms with Crippen LogP contribution in [0.25, 0.3) is 0 Å². The lowest BCUT2D eigenvalue weighted by atomic mass is 9.96. The van der Waals surface area contributed by atoms with Crippen molar-refractivity contribution in [2.24, 2.45) is 0 Å². The normalized spacial score (nSPS) is 20.4. The van der Waals surface area contributed by atoms with Crippen LogP contribution in [0.2, 0.25) is 0 Å². The largest absolute Gasteiger partial charge is 0.433 e. The van der Waals surface area contributed by atoms with Crippen LogP contribution in [0, 0.1) is 0 Å². The Hall–Kier alpha value is -2.75. The van der Waals surface area contributed by atoms with Crippen molar-refractivity contribution in [3.05, 3.63) is 47.5 Å². The minimum absolute atomic E-state index is 0.0615. The molecule has 30 heavy (non-hydrogen) atoms. The predicted octanol–water partition coefficient (Wildman–Crippen LogP) is 2.79. The Kier molecular flexibility index (Phi) is 5.85. The highest BCUT2D eigenvalue weighted by Crippen LogP contribution is 2.28. The van der Waals surface area contributed by atoms with E-state index in [-0.39, 0.29) is 11.6 Å². The summed E-state index contributed by atoms with van der Waals surface area (Å²) >= 11 is 0. The standard InChI is InChI=1S/C20H22F3N5O2/c21-20(22,23)17-11-14(1-6-24-17)18(29)26-15-3-8-28(12-15)19-25-7-2-16(27-19)13-4-9-30-10-5-13/h1-2,6-7,11,13,15H,3-5,8-10,12H2,(H,26,29). The Morgan fingerprint density at radius 3 is 2.67 bits per heavy atom. The van der Waals surface area contributed by atoms with Gasteiger partial charge in [0.05, 0.1) is 0 Å². The van der Waals surface area contributed by atoms with Crippen LogP contribution in [0.15, 0.2) is 30.6 Å². The number of hydrogen-bond donors (Lipinski definition) is 1. The van der Waals surface area contributed by atoms with Gasteiger partial charge in [-0.15, -0.1) is 0 Å². The molecule has 2 fully saturated rings. The lowest BCUT2D eigenvalue weighted by Gasteiger charge is -2.23. The molecule has 0 aliphatic carbocycles. The summed E-state index contributed by atoms with van der Waals surface area (Å²) in [5.41, 5.74) is -0.151. The number of anilines is 1. The first-order valence-corrected chi connectivity index (χ1v) is 9.90.